The van der Waals surface area contributed by atoms with Gasteiger partial charge in [0.05, 0.1) is 13.2 Å². The molecule has 0 amide bonds. The Labute approximate surface area is 144 Å². The third-order valence-electron chi connectivity index (χ3n) is 4.13. The smallest absolute Gasteiger partial charge is 0.379 e. The van der Waals surface area contributed by atoms with Crippen LogP contribution in [0.25, 0.3) is 11.4 Å². The lowest BCUT2D eigenvalue weighted by Gasteiger charge is -2.27. The number of morpholine rings is 1. The highest BCUT2D eigenvalue weighted by molar-refractivity contribution is 5.60. The van der Waals surface area contributed by atoms with Crippen LogP contribution in [0.1, 0.15) is 17.7 Å². The molecule has 1 aromatic heterocycles. The monoisotopic (exact) mass is 351 g/mol. The van der Waals surface area contributed by atoms with Crippen molar-refractivity contribution in [2.75, 3.05) is 26.3 Å². The van der Waals surface area contributed by atoms with Gasteiger partial charge in [-0.25, -0.2) is 9.97 Å². The van der Waals surface area contributed by atoms with Crippen LogP contribution in [-0.4, -0.2) is 47.3 Å². The topological polar surface area (TPSA) is 38.2 Å². The highest BCUT2D eigenvalue weighted by atomic mass is 19.4. The molecule has 1 saturated heterocycles. The van der Waals surface area contributed by atoms with Crippen molar-refractivity contribution in [2.24, 2.45) is 0 Å². The molecule has 1 fully saturated rings. The van der Waals surface area contributed by atoms with Crippen molar-refractivity contribution in [2.45, 2.75) is 25.6 Å². The van der Waals surface area contributed by atoms with E-state index in [-0.39, 0.29) is 6.42 Å². The minimum Gasteiger partial charge on any atom is -0.379 e. The van der Waals surface area contributed by atoms with Crippen molar-refractivity contribution in [3.05, 3.63) is 47.8 Å². The summed E-state index contributed by atoms with van der Waals surface area (Å²) in [6, 6.07) is 9.31. The van der Waals surface area contributed by atoms with Crippen molar-refractivity contribution in [1.29, 1.82) is 0 Å². The van der Waals surface area contributed by atoms with Crippen LogP contribution < -0.4 is 0 Å². The molecule has 2 aromatic rings. The van der Waals surface area contributed by atoms with Gasteiger partial charge in [0.2, 0.25) is 0 Å². The molecule has 4 nitrogen and oxygen atoms in total. The van der Waals surface area contributed by atoms with Gasteiger partial charge in [0.25, 0.3) is 0 Å². The SMILES string of the molecule is FC(F)(F)CCc1ccnc(-c2ccccc2CN2CCOCC2)n1. The van der Waals surface area contributed by atoms with Gasteiger partial charge in [0.1, 0.15) is 0 Å². The van der Waals surface area contributed by atoms with Crippen molar-refractivity contribution in [3.63, 3.8) is 0 Å². The highest BCUT2D eigenvalue weighted by Gasteiger charge is 2.26. The van der Waals surface area contributed by atoms with Crippen molar-refractivity contribution in [1.82, 2.24) is 14.9 Å². The molecule has 0 saturated carbocycles. The predicted molar refractivity (Wildman–Crippen MR) is 87.9 cm³/mol. The zero-order valence-corrected chi connectivity index (χ0v) is 13.8. The normalized spacial score (nSPS) is 16.1. The van der Waals surface area contributed by atoms with Gasteiger partial charge in [-0.3, -0.25) is 4.90 Å². The second kappa shape index (κ2) is 7.93. The first-order valence-corrected chi connectivity index (χ1v) is 8.28. The van der Waals surface area contributed by atoms with Gasteiger partial charge in [-0.05, 0) is 18.1 Å². The summed E-state index contributed by atoms with van der Waals surface area (Å²) in [6.45, 7) is 3.90. The Morgan fingerprint density at radius 2 is 1.84 bits per heavy atom. The minimum atomic E-state index is -4.18. The van der Waals surface area contributed by atoms with E-state index in [9.17, 15) is 13.2 Å². The number of halogens is 3. The van der Waals surface area contributed by atoms with Gasteiger partial charge >= 0.3 is 6.18 Å². The molecule has 0 aliphatic carbocycles. The predicted octanol–water partition coefficient (Wildman–Crippen LogP) is 3.47. The Balaban J connectivity index is 1.79. The van der Waals surface area contributed by atoms with Crippen molar-refractivity contribution < 1.29 is 17.9 Å². The van der Waals surface area contributed by atoms with Gasteiger partial charge in [0.15, 0.2) is 5.82 Å². The molecule has 0 N–H and O–H groups in total. The van der Waals surface area contributed by atoms with Crippen LogP contribution in [0, 0.1) is 0 Å². The number of ether oxygens (including phenoxy) is 1. The molecule has 25 heavy (non-hydrogen) atoms. The van der Waals surface area contributed by atoms with E-state index in [1.807, 2.05) is 24.3 Å². The van der Waals surface area contributed by atoms with Crippen LogP contribution in [0.4, 0.5) is 13.2 Å². The molecule has 2 heterocycles. The van der Waals surface area contributed by atoms with E-state index >= 15 is 0 Å². The van der Waals surface area contributed by atoms with Gasteiger partial charge in [-0.15, -0.1) is 0 Å². The standard InChI is InChI=1S/C18H20F3N3O/c19-18(20,21)7-5-15-6-8-22-17(23-15)16-4-2-1-3-14(16)13-24-9-11-25-12-10-24/h1-4,6,8H,5,7,9-13H2. The van der Waals surface area contributed by atoms with Crippen LogP contribution >= 0.6 is 0 Å². The molecule has 1 aromatic carbocycles. The van der Waals surface area contributed by atoms with E-state index in [0.717, 1.165) is 30.8 Å². The minimum absolute atomic E-state index is 0.134. The number of aryl methyl sites for hydroxylation is 1. The zero-order valence-electron chi connectivity index (χ0n) is 13.8. The van der Waals surface area contributed by atoms with E-state index in [0.29, 0.717) is 24.7 Å². The quantitative estimate of drug-likeness (QED) is 0.827. The Morgan fingerprint density at radius 1 is 1.08 bits per heavy atom. The molecule has 0 bridgehead atoms. The number of hydrogen-bond acceptors (Lipinski definition) is 4. The molecule has 0 radical (unpaired) electrons. The summed E-state index contributed by atoms with van der Waals surface area (Å²) in [6.07, 6.45) is -3.66. The molecule has 134 valence electrons. The number of alkyl halides is 3. The number of aromatic nitrogens is 2. The summed E-state index contributed by atoms with van der Waals surface area (Å²) in [4.78, 5) is 10.9. The van der Waals surface area contributed by atoms with Crippen LogP contribution in [0.5, 0.6) is 0 Å². The summed E-state index contributed by atoms with van der Waals surface area (Å²) in [5.41, 5.74) is 2.34. The molecule has 3 rings (SSSR count). The molecule has 1 aliphatic heterocycles. The molecule has 1 aliphatic rings. The van der Waals surface area contributed by atoms with E-state index in [4.69, 9.17) is 4.74 Å². The number of benzene rings is 1. The maximum atomic E-state index is 12.4. The van der Waals surface area contributed by atoms with Gasteiger partial charge < -0.3 is 4.74 Å². The molecule has 0 spiro atoms. The zero-order chi connectivity index (χ0) is 17.7. The Hall–Kier alpha value is -1.99. The highest BCUT2D eigenvalue weighted by Crippen LogP contribution is 2.24. The van der Waals surface area contributed by atoms with Gasteiger partial charge in [0, 0.05) is 43.5 Å². The number of rotatable bonds is 5. The second-order valence-corrected chi connectivity index (χ2v) is 6.03. The molecule has 7 heteroatoms. The van der Waals surface area contributed by atoms with E-state index < -0.39 is 12.6 Å². The Kier molecular flexibility index (Phi) is 5.65. The summed E-state index contributed by atoms with van der Waals surface area (Å²) in [5, 5.41) is 0. The first-order valence-electron chi connectivity index (χ1n) is 8.28. The third kappa shape index (κ3) is 5.24. The lowest BCUT2D eigenvalue weighted by molar-refractivity contribution is -0.134. The first-order chi connectivity index (χ1) is 12.0. The van der Waals surface area contributed by atoms with Crippen molar-refractivity contribution >= 4 is 0 Å². The van der Waals surface area contributed by atoms with Crippen molar-refractivity contribution in [3.8, 4) is 11.4 Å². The number of hydrogen-bond donors (Lipinski definition) is 0. The summed E-state index contributed by atoms with van der Waals surface area (Å²) in [7, 11) is 0. The number of nitrogens with zero attached hydrogens (tertiary/aromatic N) is 3. The summed E-state index contributed by atoms with van der Waals surface area (Å²) >= 11 is 0. The van der Waals surface area contributed by atoms with E-state index in [2.05, 4.69) is 14.9 Å². The van der Waals surface area contributed by atoms with Crippen LogP contribution in [-0.2, 0) is 17.7 Å². The largest absolute Gasteiger partial charge is 0.389 e. The van der Waals surface area contributed by atoms with Gasteiger partial charge in [-0.1, -0.05) is 24.3 Å². The molecular formula is C18H20F3N3O. The second-order valence-electron chi connectivity index (χ2n) is 6.03. The molecular weight excluding hydrogens is 331 g/mol. The fourth-order valence-electron chi connectivity index (χ4n) is 2.81. The first kappa shape index (κ1) is 17.8. The Morgan fingerprint density at radius 3 is 2.60 bits per heavy atom. The average molecular weight is 351 g/mol. The maximum absolute atomic E-state index is 12.4. The summed E-state index contributed by atoms with van der Waals surface area (Å²) in [5.74, 6) is 0.475. The fourth-order valence-corrected chi connectivity index (χ4v) is 2.81. The maximum Gasteiger partial charge on any atom is 0.389 e. The van der Waals surface area contributed by atoms with Crippen LogP contribution in [0.15, 0.2) is 36.5 Å². The van der Waals surface area contributed by atoms with E-state index in [1.54, 1.807) is 6.07 Å². The summed E-state index contributed by atoms with van der Waals surface area (Å²) < 4.78 is 42.7. The molecule has 0 unspecified atom stereocenters. The lowest BCUT2D eigenvalue weighted by atomic mass is 10.1. The Bertz CT molecular complexity index is 700. The average Bonchev–Trinajstić information content (AvgIpc) is 2.61. The van der Waals surface area contributed by atoms with Gasteiger partial charge in [-0.2, -0.15) is 13.2 Å². The van der Waals surface area contributed by atoms with Crippen LogP contribution in [0.3, 0.4) is 0 Å². The third-order valence-corrected chi connectivity index (χ3v) is 4.13. The lowest BCUT2D eigenvalue weighted by Crippen LogP contribution is -2.35. The fraction of sp³-hybridized carbons (Fsp3) is 0.444. The van der Waals surface area contributed by atoms with E-state index in [1.165, 1.54) is 6.20 Å². The molecule has 0 atom stereocenters. The van der Waals surface area contributed by atoms with Crippen LogP contribution in [0.2, 0.25) is 0 Å².